The molecule has 0 aliphatic carbocycles. The van der Waals surface area contributed by atoms with E-state index in [1.807, 2.05) is 18.2 Å². The molecule has 168 valence electrons. The van der Waals surface area contributed by atoms with E-state index in [9.17, 15) is 8.42 Å². The van der Waals surface area contributed by atoms with Gasteiger partial charge < -0.3 is 14.7 Å². The number of nitrogens with one attached hydrogen (secondary N) is 1. The Hall–Kier alpha value is -2.43. The lowest BCUT2D eigenvalue weighted by atomic mass is 10.2. The van der Waals surface area contributed by atoms with Crippen molar-refractivity contribution in [3.8, 4) is 0 Å². The van der Waals surface area contributed by atoms with Crippen molar-refractivity contribution in [2.75, 3.05) is 46.3 Å². The molecule has 4 rings (SSSR count). The second-order valence-corrected chi connectivity index (χ2v) is 9.85. The summed E-state index contributed by atoms with van der Waals surface area (Å²) in [5.41, 5.74) is 1.97. The van der Waals surface area contributed by atoms with Crippen molar-refractivity contribution < 1.29 is 12.9 Å². The van der Waals surface area contributed by atoms with Gasteiger partial charge in [-0.1, -0.05) is 17.3 Å². The van der Waals surface area contributed by atoms with Crippen LogP contribution in [0.2, 0.25) is 0 Å². The zero-order valence-electron chi connectivity index (χ0n) is 17.9. The SMILES string of the molecule is CN=C(NCc1ccc(S(=O)(=O)N2CCCC2)cc1)N1CCN(Cc2ccon2)CC1. The summed E-state index contributed by atoms with van der Waals surface area (Å²) < 4.78 is 31.8. The second kappa shape index (κ2) is 9.80. The van der Waals surface area contributed by atoms with Crippen molar-refractivity contribution in [1.29, 1.82) is 0 Å². The maximum absolute atomic E-state index is 12.7. The van der Waals surface area contributed by atoms with Crippen molar-refractivity contribution in [1.82, 2.24) is 24.6 Å². The molecule has 2 fully saturated rings. The number of rotatable bonds is 6. The minimum Gasteiger partial charge on any atom is -0.364 e. The molecular weight excluding hydrogens is 416 g/mol. The van der Waals surface area contributed by atoms with E-state index in [0.717, 1.165) is 62.8 Å². The van der Waals surface area contributed by atoms with Crippen LogP contribution in [0.1, 0.15) is 24.1 Å². The van der Waals surface area contributed by atoms with Crippen LogP contribution in [-0.4, -0.2) is 80.0 Å². The Morgan fingerprint density at radius 2 is 1.77 bits per heavy atom. The van der Waals surface area contributed by atoms with Gasteiger partial charge in [0.25, 0.3) is 0 Å². The summed E-state index contributed by atoms with van der Waals surface area (Å²) in [6.07, 6.45) is 3.48. The lowest BCUT2D eigenvalue weighted by molar-refractivity contribution is 0.169. The molecule has 0 saturated carbocycles. The van der Waals surface area contributed by atoms with Crippen LogP contribution < -0.4 is 5.32 Å². The molecule has 3 heterocycles. The molecule has 1 aromatic heterocycles. The average molecular weight is 447 g/mol. The number of hydrogen-bond donors (Lipinski definition) is 1. The van der Waals surface area contributed by atoms with Gasteiger partial charge in [-0.2, -0.15) is 4.31 Å². The van der Waals surface area contributed by atoms with Crippen LogP contribution in [0, 0.1) is 0 Å². The molecule has 2 aliphatic rings. The third-order valence-corrected chi connectivity index (χ3v) is 7.75. The van der Waals surface area contributed by atoms with E-state index in [0.29, 0.717) is 24.5 Å². The Labute approximate surface area is 183 Å². The van der Waals surface area contributed by atoms with Crippen LogP contribution >= 0.6 is 0 Å². The fourth-order valence-corrected chi connectivity index (χ4v) is 5.55. The van der Waals surface area contributed by atoms with Crippen LogP contribution in [0.4, 0.5) is 0 Å². The summed E-state index contributed by atoms with van der Waals surface area (Å²) in [5.74, 6) is 0.856. The minimum atomic E-state index is -3.37. The molecule has 2 saturated heterocycles. The van der Waals surface area contributed by atoms with Gasteiger partial charge >= 0.3 is 0 Å². The normalized spacial score (nSPS) is 19.1. The highest BCUT2D eigenvalue weighted by molar-refractivity contribution is 7.89. The van der Waals surface area contributed by atoms with E-state index < -0.39 is 10.0 Å². The molecule has 0 amide bonds. The van der Waals surface area contributed by atoms with Gasteiger partial charge in [0, 0.05) is 65.5 Å². The molecule has 0 unspecified atom stereocenters. The zero-order valence-corrected chi connectivity index (χ0v) is 18.7. The highest BCUT2D eigenvalue weighted by Gasteiger charge is 2.27. The Kier molecular flexibility index (Phi) is 6.89. The summed E-state index contributed by atoms with van der Waals surface area (Å²) in [7, 11) is -1.58. The predicted molar refractivity (Wildman–Crippen MR) is 118 cm³/mol. The number of aromatic nitrogens is 1. The molecule has 0 atom stereocenters. The van der Waals surface area contributed by atoms with E-state index in [1.165, 1.54) is 0 Å². The molecule has 0 bridgehead atoms. The Balaban J connectivity index is 1.28. The first-order valence-electron chi connectivity index (χ1n) is 10.7. The maximum atomic E-state index is 12.7. The standard InChI is InChI=1S/C21H30N6O3S/c1-22-21(26-13-11-25(12-14-26)17-19-8-15-30-24-19)23-16-18-4-6-20(7-5-18)31(28,29)27-9-2-3-10-27/h4-8,15H,2-3,9-14,16-17H2,1H3,(H,22,23). The van der Waals surface area contributed by atoms with Gasteiger partial charge in [-0.15, -0.1) is 0 Å². The minimum absolute atomic E-state index is 0.366. The molecule has 1 N–H and O–H groups in total. The van der Waals surface area contributed by atoms with Gasteiger partial charge in [0.15, 0.2) is 5.96 Å². The number of guanidine groups is 1. The topological polar surface area (TPSA) is 94.3 Å². The van der Waals surface area contributed by atoms with E-state index >= 15 is 0 Å². The lowest BCUT2D eigenvalue weighted by Crippen LogP contribution is -2.52. The predicted octanol–water partition coefficient (Wildman–Crippen LogP) is 1.35. The smallest absolute Gasteiger partial charge is 0.243 e. The molecule has 31 heavy (non-hydrogen) atoms. The molecular formula is C21H30N6O3S. The Morgan fingerprint density at radius 3 is 2.39 bits per heavy atom. The quantitative estimate of drug-likeness (QED) is 0.529. The molecule has 9 nitrogen and oxygen atoms in total. The summed E-state index contributed by atoms with van der Waals surface area (Å²) in [5, 5.41) is 7.38. The van der Waals surface area contributed by atoms with Crippen LogP contribution in [0.25, 0.3) is 0 Å². The van der Waals surface area contributed by atoms with E-state index in [1.54, 1.807) is 29.7 Å². The summed E-state index contributed by atoms with van der Waals surface area (Å²) in [6, 6.07) is 9.05. The molecule has 2 aliphatic heterocycles. The lowest BCUT2D eigenvalue weighted by Gasteiger charge is -2.36. The summed E-state index contributed by atoms with van der Waals surface area (Å²) in [4.78, 5) is 9.38. The van der Waals surface area contributed by atoms with Crippen LogP contribution in [-0.2, 0) is 23.1 Å². The van der Waals surface area contributed by atoms with Crippen molar-refractivity contribution in [2.24, 2.45) is 4.99 Å². The highest BCUT2D eigenvalue weighted by Crippen LogP contribution is 2.21. The third-order valence-electron chi connectivity index (χ3n) is 5.84. The number of benzene rings is 1. The van der Waals surface area contributed by atoms with Gasteiger partial charge in [0.2, 0.25) is 10.0 Å². The Morgan fingerprint density at radius 1 is 1.06 bits per heavy atom. The van der Waals surface area contributed by atoms with Crippen LogP contribution in [0.3, 0.4) is 0 Å². The van der Waals surface area contributed by atoms with Crippen molar-refractivity contribution in [2.45, 2.75) is 30.8 Å². The highest BCUT2D eigenvalue weighted by atomic mass is 32.2. The first kappa shape index (κ1) is 21.8. The van der Waals surface area contributed by atoms with Gasteiger partial charge in [-0.3, -0.25) is 9.89 Å². The summed E-state index contributed by atoms with van der Waals surface area (Å²) in [6.45, 7) is 6.24. The molecule has 10 heteroatoms. The second-order valence-electron chi connectivity index (χ2n) is 7.91. The van der Waals surface area contributed by atoms with Crippen molar-refractivity contribution >= 4 is 16.0 Å². The van der Waals surface area contributed by atoms with Gasteiger partial charge in [-0.25, -0.2) is 8.42 Å². The number of sulfonamides is 1. The number of nitrogens with zero attached hydrogens (tertiary/aromatic N) is 5. The monoisotopic (exact) mass is 446 g/mol. The number of piperazine rings is 1. The zero-order chi connectivity index (χ0) is 21.7. The van der Waals surface area contributed by atoms with Gasteiger partial charge in [0.05, 0.1) is 10.6 Å². The van der Waals surface area contributed by atoms with E-state index in [4.69, 9.17) is 4.52 Å². The first-order valence-corrected chi connectivity index (χ1v) is 12.2. The molecule has 1 aromatic carbocycles. The molecule has 2 aromatic rings. The Bertz CT molecular complexity index is 961. The maximum Gasteiger partial charge on any atom is 0.243 e. The third kappa shape index (κ3) is 5.25. The average Bonchev–Trinajstić information content (AvgIpc) is 3.50. The van der Waals surface area contributed by atoms with E-state index in [2.05, 4.69) is 25.3 Å². The fourth-order valence-electron chi connectivity index (χ4n) is 4.04. The van der Waals surface area contributed by atoms with Crippen LogP contribution in [0.5, 0.6) is 0 Å². The molecule has 0 spiro atoms. The number of hydrogen-bond acceptors (Lipinski definition) is 6. The van der Waals surface area contributed by atoms with Gasteiger partial charge in [0.1, 0.15) is 6.26 Å². The van der Waals surface area contributed by atoms with Crippen molar-refractivity contribution in [3.63, 3.8) is 0 Å². The van der Waals surface area contributed by atoms with E-state index in [-0.39, 0.29) is 0 Å². The number of aliphatic imine (C=N–C) groups is 1. The first-order chi connectivity index (χ1) is 15.1. The largest absolute Gasteiger partial charge is 0.364 e. The molecule has 0 radical (unpaired) electrons. The van der Waals surface area contributed by atoms with Gasteiger partial charge in [-0.05, 0) is 30.5 Å². The van der Waals surface area contributed by atoms with Crippen molar-refractivity contribution in [3.05, 3.63) is 47.9 Å². The fraction of sp³-hybridized carbons (Fsp3) is 0.524. The van der Waals surface area contributed by atoms with Crippen LogP contribution in [0.15, 0.2) is 51.0 Å². The summed E-state index contributed by atoms with van der Waals surface area (Å²) >= 11 is 0.